The van der Waals surface area contributed by atoms with Gasteiger partial charge in [-0.1, -0.05) is 42.5 Å². The summed E-state index contributed by atoms with van der Waals surface area (Å²) in [6.45, 7) is 0.279. The Labute approximate surface area is 151 Å². The highest BCUT2D eigenvalue weighted by molar-refractivity contribution is 5.90. The number of aromatic nitrogens is 2. The van der Waals surface area contributed by atoms with Gasteiger partial charge in [-0.25, -0.2) is 9.07 Å². The Morgan fingerprint density at radius 2 is 1.96 bits per heavy atom. The third-order valence-electron chi connectivity index (χ3n) is 4.95. The van der Waals surface area contributed by atoms with Crippen LogP contribution in [0.3, 0.4) is 0 Å². The Bertz CT molecular complexity index is 934. The zero-order valence-electron chi connectivity index (χ0n) is 14.4. The quantitative estimate of drug-likeness (QED) is 0.753. The number of hydrogen-bond donors (Lipinski definition) is 1. The van der Waals surface area contributed by atoms with Crippen LogP contribution in [0.4, 0.5) is 10.2 Å². The average Bonchev–Trinajstić information content (AvgIpc) is 3.24. The highest BCUT2D eigenvalue weighted by Crippen LogP contribution is 2.35. The van der Waals surface area contributed by atoms with Crippen molar-refractivity contribution in [1.82, 2.24) is 9.78 Å². The SMILES string of the molecule is O=C(CC1CCc2ccccc21)Nc1ccnn1Cc1ccccc1F. The summed E-state index contributed by atoms with van der Waals surface area (Å²) in [5, 5.41) is 7.14. The number of amides is 1. The minimum atomic E-state index is -0.275. The van der Waals surface area contributed by atoms with E-state index in [2.05, 4.69) is 22.5 Å². The molecule has 1 unspecified atom stereocenters. The summed E-state index contributed by atoms with van der Waals surface area (Å²) in [7, 11) is 0. The van der Waals surface area contributed by atoms with Crippen LogP contribution in [0.2, 0.25) is 0 Å². The van der Waals surface area contributed by atoms with Gasteiger partial charge in [0.1, 0.15) is 11.6 Å². The molecule has 4 nitrogen and oxygen atoms in total. The van der Waals surface area contributed by atoms with Crippen LogP contribution >= 0.6 is 0 Å². The Kier molecular flexibility index (Phi) is 4.52. The zero-order valence-corrected chi connectivity index (χ0v) is 14.4. The van der Waals surface area contributed by atoms with Crippen LogP contribution in [-0.4, -0.2) is 15.7 Å². The van der Waals surface area contributed by atoms with Gasteiger partial charge in [-0.3, -0.25) is 4.79 Å². The molecule has 5 heteroatoms. The molecule has 1 N–H and O–H groups in total. The first-order valence-corrected chi connectivity index (χ1v) is 8.83. The van der Waals surface area contributed by atoms with Gasteiger partial charge in [0.05, 0.1) is 12.7 Å². The number of carbonyl (C=O) groups is 1. The Morgan fingerprint density at radius 3 is 2.85 bits per heavy atom. The molecule has 1 atom stereocenters. The smallest absolute Gasteiger partial charge is 0.226 e. The van der Waals surface area contributed by atoms with Gasteiger partial charge in [-0.05, 0) is 36.0 Å². The number of hydrogen-bond acceptors (Lipinski definition) is 2. The summed E-state index contributed by atoms with van der Waals surface area (Å²) in [6.07, 6.45) is 4.09. The lowest BCUT2D eigenvalue weighted by molar-refractivity contribution is -0.116. The number of fused-ring (bicyclic) bond motifs is 1. The number of benzene rings is 2. The molecule has 0 saturated carbocycles. The van der Waals surface area contributed by atoms with Gasteiger partial charge < -0.3 is 5.32 Å². The Hall–Kier alpha value is -2.95. The number of halogens is 1. The van der Waals surface area contributed by atoms with Crippen LogP contribution in [-0.2, 0) is 17.8 Å². The summed E-state index contributed by atoms with van der Waals surface area (Å²) < 4.78 is 15.5. The van der Waals surface area contributed by atoms with E-state index in [0.29, 0.717) is 17.8 Å². The molecule has 1 heterocycles. The third-order valence-corrected chi connectivity index (χ3v) is 4.95. The van der Waals surface area contributed by atoms with Crippen molar-refractivity contribution in [2.45, 2.75) is 31.7 Å². The minimum Gasteiger partial charge on any atom is -0.311 e. The molecule has 0 saturated heterocycles. The van der Waals surface area contributed by atoms with Crippen LogP contribution in [0.5, 0.6) is 0 Å². The topological polar surface area (TPSA) is 46.9 Å². The van der Waals surface area contributed by atoms with E-state index in [1.165, 1.54) is 17.2 Å². The van der Waals surface area contributed by atoms with Crippen molar-refractivity contribution in [2.24, 2.45) is 0 Å². The first kappa shape index (κ1) is 16.5. The van der Waals surface area contributed by atoms with Gasteiger partial charge in [0, 0.05) is 18.1 Å². The van der Waals surface area contributed by atoms with Crippen LogP contribution in [0, 0.1) is 5.82 Å². The largest absolute Gasteiger partial charge is 0.311 e. The number of aryl methyl sites for hydroxylation is 1. The second-order valence-electron chi connectivity index (χ2n) is 6.65. The van der Waals surface area contributed by atoms with E-state index < -0.39 is 0 Å². The average molecular weight is 349 g/mol. The van der Waals surface area contributed by atoms with Gasteiger partial charge in [-0.15, -0.1) is 0 Å². The maximum Gasteiger partial charge on any atom is 0.226 e. The first-order chi connectivity index (χ1) is 12.7. The molecule has 0 bridgehead atoms. The van der Waals surface area contributed by atoms with E-state index in [1.54, 1.807) is 35.1 Å². The fourth-order valence-electron chi connectivity index (χ4n) is 3.63. The van der Waals surface area contributed by atoms with Gasteiger partial charge in [-0.2, -0.15) is 5.10 Å². The van der Waals surface area contributed by atoms with Crippen molar-refractivity contribution in [3.63, 3.8) is 0 Å². The molecule has 26 heavy (non-hydrogen) atoms. The van der Waals surface area contributed by atoms with Gasteiger partial charge in [0.2, 0.25) is 5.91 Å². The van der Waals surface area contributed by atoms with Crippen molar-refractivity contribution >= 4 is 11.7 Å². The summed E-state index contributed by atoms with van der Waals surface area (Å²) in [6, 6.07) is 16.6. The molecular formula is C21H20FN3O. The van der Waals surface area contributed by atoms with E-state index in [4.69, 9.17) is 0 Å². The number of carbonyl (C=O) groups excluding carboxylic acids is 1. The normalized spacial score (nSPS) is 15.7. The minimum absolute atomic E-state index is 0.0398. The molecule has 0 aliphatic heterocycles. The zero-order chi connectivity index (χ0) is 17.9. The van der Waals surface area contributed by atoms with Crippen molar-refractivity contribution in [2.75, 3.05) is 5.32 Å². The highest BCUT2D eigenvalue weighted by Gasteiger charge is 2.24. The van der Waals surface area contributed by atoms with Gasteiger partial charge >= 0.3 is 0 Å². The van der Waals surface area contributed by atoms with E-state index in [1.807, 2.05) is 12.1 Å². The van der Waals surface area contributed by atoms with Crippen LogP contribution in [0.1, 0.15) is 35.4 Å². The third kappa shape index (κ3) is 3.38. The summed E-state index contributed by atoms with van der Waals surface area (Å²) in [5.41, 5.74) is 3.16. The van der Waals surface area contributed by atoms with Gasteiger partial charge in [0.25, 0.3) is 0 Å². The molecular weight excluding hydrogens is 329 g/mol. The second kappa shape index (κ2) is 7.12. The molecule has 132 valence electrons. The molecule has 1 aromatic heterocycles. The number of rotatable bonds is 5. The van der Waals surface area contributed by atoms with Gasteiger partial charge in [0.15, 0.2) is 0 Å². The molecule has 4 rings (SSSR count). The molecule has 1 amide bonds. The lowest BCUT2D eigenvalue weighted by Crippen LogP contribution is -2.18. The molecule has 0 radical (unpaired) electrons. The monoisotopic (exact) mass is 349 g/mol. The molecule has 2 aromatic carbocycles. The standard InChI is InChI=1S/C21H20FN3O/c22-19-8-4-2-6-17(19)14-25-20(11-12-23-25)24-21(26)13-16-10-9-15-5-1-3-7-18(15)16/h1-8,11-12,16H,9-10,13-14H2,(H,24,26). The fourth-order valence-corrected chi connectivity index (χ4v) is 3.63. The second-order valence-corrected chi connectivity index (χ2v) is 6.65. The Balaban J connectivity index is 1.43. The maximum atomic E-state index is 13.9. The number of nitrogens with one attached hydrogen (secondary N) is 1. The van der Waals surface area contributed by atoms with Crippen molar-refractivity contribution < 1.29 is 9.18 Å². The van der Waals surface area contributed by atoms with E-state index in [0.717, 1.165) is 12.8 Å². The fraction of sp³-hybridized carbons (Fsp3) is 0.238. The summed E-state index contributed by atoms with van der Waals surface area (Å²) in [4.78, 5) is 12.5. The van der Waals surface area contributed by atoms with Crippen molar-refractivity contribution in [3.05, 3.63) is 83.3 Å². The Morgan fingerprint density at radius 1 is 1.15 bits per heavy atom. The summed E-state index contributed by atoms with van der Waals surface area (Å²) in [5.74, 6) is 0.531. The lowest BCUT2D eigenvalue weighted by atomic mass is 9.97. The highest BCUT2D eigenvalue weighted by atomic mass is 19.1. The van der Waals surface area contributed by atoms with Crippen LogP contribution < -0.4 is 5.32 Å². The van der Waals surface area contributed by atoms with Crippen LogP contribution in [0.25, 0.3) is 0 Å². The predicted octanol–water partition coefficient (Wildman–Crippen LogP) is 4.13. The van der Waals surface area contributed by atoms with Crippen molar-refractivity contribution in [3.8, 4) is 0 Å². The molecule has 0 spiro atoms. The van der Waals surface area contributed by atoms with E-state index in [9.17, 15) is 9.18 Å². The van der Waals surface area contributed by atoms with E-state index in [-0.39, 0.29) is 24.2 Å². The lowest BCUT2D eigenvalue weighted by Gasteiger charge is -2.13. The van der Waals surface area contributed by atoms with Crippen molar-refractivity contribution in [1.29, 1.82) is 0 Å². The predicted molar refractivity (Wildman–Crippen MR) is 98.5 cm³/mol. The first-order valence-electron chi connectivity index (χ1n) is 8.83. The number of nitrogens with zero attached hydrogens (tertiary/aromatic N) is 2. The molecule has 0 fully saturated rings. The summed E-state index contributed by atoms with van der Waals surface area (Å²) >= 11 is 0. The number of anilines is 1. The van der Waals surface area contributed by atoms with Crippen LogP contribution in [0.15, 0.2) is 60.8 Å². The molecule has 1 aliphatic rings. The maximum absolute atomic E-state index is 13.9. The molecule has 1 aliphatic carbocycles. The molecule has 3 aromatic rings. The van der Waals surface area contributed by atoms with E-state index >= 15 is 0 Å².